The molecule has 0 fully saturated rings. The highest BCUT2D eigenvalue weighted by molar-refractivity contribution is 5.90. The van der Waals surface area contributed by atoms with Crippen molar-refractivity contribution in [1.29, 1.82) is 0 Å². The van der Waals surface area contributed by atoms with Gasteiger partial charge in [0.25, 0.3) is 5.91 Å². The molecule has 0 saturated carbocycles. The van der Waals surface area contributed by atoms with Crippen molar-refractivity contribution < 1.29 is 23.9 Å². The van der Waals surface area contributed by atoms with Crippen LogP contribution >= 0.6 is 0 Å². The predicted octanol–water partition coefficient (Wildman–Crippen LogP) is 1.72. The minimum absolute atomic E-state index is 0.102. The van der Waals surface area contributed by atoms with Crippen molar-refractivity contribution in [2.75, 3.05) is 6.61 Å². The first kappa shape index (κ1) is 16.2. The number of benzene rings is 2. The monoisotopic (exact) mass is 313 g/mol. The molecule has 0 aliphatic rings. The molecule has 0 unspecified atom stereocenters. The van der Waals surface area contributed by atoms with E-state index in [1.165, 1.54) is 12.1 Å². The van der Waals surface area contributed by atoms with Crippen LogP contribution in [0, 0.1) is 0 Å². The molecule has 6 nitrogen and oxygen atoms in total. The maximum absolute atomic E-state index is 11.9. The van der Waals surface area contributed by atoms with E-state index in [1.54, 1.807) is 36.4 Å². The molecule has 23 heavy (non-hydrogen) atoms. The maximum atomic E-state index is 11.9. The van der Waals surface area contributed by atoms with E-state index < -0.39 is 11.9 Å². The van der Waals surface area contributed by atoms with E-state index in [0.29, 0.717) is 23.2 Å². The third-order valence-corrected chi connectivity index (χ3v) is 2.96. The quantitative estimate of drug-likeness (QED) is 0.620. The number of aldehydes is 1. The van der Waals surface area contributed by atoms with Gasteiger partial charge in [0.15, 0.2) is 6.61 Å². The molecular weight excluding hydrogens is 298 g/mol. The third-order valence-electron chi connectivity index (χ3n) is 2.96. The van der Waals surface area contributed by atoms with E-state index in [-0.39, 0.29) is 13.2 Å². The predicted molar refractivity (Wildman–Crippen MR) is 82.1 cm³/mol. The van der Waals surface area contributed by atoms with Crippen LogP contribution in [-0.2, 0) is 16.1 Å². The molecule has 2 aromatic carbocycles. The van der Waals surface area contributed by atoms with Gasteiger partial charge < -0.3 is 15.2 Å². The molecular formula is C17H15NO5. The summed E-state index contributed by atoms with van der Waals surface area (Å²) in [5, 5.41) is 0. The van der Waals surface area contributed by atoms with Gasteiger partial charge in [0, 0.05) is 5.56 Å². The Labute approximate surface area is 132 Å². The average molecular weight is 313 g/mol. The summed E-state index contributed by atoms with van der Waals surface area (Å²) in [6.07, 6.45) is 0.705. The van der Waals surface area contributed by atoms with Crippen LogP contribution in [0.2, 0.25) is 0 Å². The van der Waals surface area contributed by atoms with E-state index in [9.17, 15) is 14.4 Å². The lowest BCUT2D eigenvalue weighted by Gasteiger charge is -2.07. The molecule has 0 bridgehead atoms. The van der Waals surface area contributed by atoms with Gasteiger partial charge in [-0.15, -0.1) is 0 Å². The molecule has 0 aliphatic heterocycles. The van der Waals surface area contributed by atoms with Crippen LogP contribution in [0.15, 0.2) is 48.5 Å². The normalized spacial score (nSPS) is 9.91. The molecule has 2 aromatic rings. The molecule has 1 amide bonds. The van der Waals surface area contributed by atoms with Crippen LogP contribution in [0.3, 0.4) is 0 Å². The number of esters is 1. The van der Waals surface area contributed by atoms with Crippen LogP contribution in [0.4, 0.5) is 0 Å². The molecule has 0 saturated heterocycles. The van der Waals surface area contributed by atoms with E-state index >= 15 is 0 Å². The minimum Gasteiger partial charge on any atom is -0.484 e. The number of amides is 1. The van der Waals surface area contributed by atoms with Crippen molar-refractivity contribution in [2.45, 2.75) is 6.61 Å². The molecule has 118 valence electrons. The fraction of sp³-hybridized carbons (Fsp3) is 0.118. The molecule has 2 rings (SSSR count). The van der Waals surface area contributed by atoms with Crippen molar-refractivity contribution in [3.63, 3.8) is 0 Å². The second kappa shape index (κ2) is 7.74. The van der Waals surface area contributed by atoms with E-state index in [2.05, 4.69) is 0 Å². The standard InChI is InChI=1S/C17H15NO5/c18-16(20)11-22-15-7-3-13(4-8-15)10-23-17(21)14-5-1-12(9-19)2-6-14/h1-9H,10-11H2,(H2,18,20). The van der Waals surface area contributed by atoms with Crippen molar-refractivity contribution >= 4 is 18.2 Å². The fourth-order valence-corrected chi connectivity index (χ4v) is 1.77. The number of carbonyl (C=O) groups is 3. The van der Waals surface area contributed by atoms with Crippen LogP contribution in [-0.4, -0.2) is 24.8 Å². The number of nitrogens with two attached hydrogens (primary N) is 1. The van der Waals surface area contributed by atoms with Gasteiger partial charge in [-0.3, -0.25) is 9.59 Å². The van der Waals surface area contributed by atoms with E-state index in [1.807, 2.05) is 0 Å². The molecule has 0 aromatic heterocycles. The van der Waals surface area contributed by atoms with Gasteiger partial charge in [-0.05, 0) is 29.8 Å². The summed E-state index contributed by atoms with van der Waals surface area (Å²) in [7, 11) is 0. The summed E-state index contributed by atoms with van der Waals surface area (Å²) in [5.74, 6) is -0.525. The highest BCUT2D eigenvalue weighted by atomic mass is 16.5. The Morgan fingerprint density at radius 3 is 2.22 bits per heavy atom. The zero-order chi connectivity index (χ0) is 16.7. The first-order valence-corrected chi connectivity index (χ1v) is 6.81. The highest BCUT2D eigenvalue weighted by Gasteiger charge is 2.07. The number of hydrogen-bond acceptors (Lipinski definition) is 5. The molecule has 0 heterocycles. The largest absolute Gasteiger partial charge is 0.484 e. The van der Waals surface area contributed by atoms with Crippen LogP contribution < -0.4 is 10.5 Å². The number of ether oxygens (including phenoxy) is 2. The molecule has 0 spiro atoms. The summed E-state index contributed by atoms with van der Waals surface area (Å²) < 4.78 is 10.3. The number of rotatable bonds is 7. The Kier molecular flexibility index (Phi) is 5.46. The smallest absolute Gasteiger partial charge is 0.338 e. The summed E-state index contributed by atoms with van der Waals surface area (Å²) in [5.41, 5.74) is 6.62. The number of carbonyl (C=O) groups excluding carboxylic acids is 3. The van der Waals surface area contributed by atoms with E-state index in [4.69, 9.17) is 15.2 Å². The second-order valence-corrected chi connectivity index (χ2v) is 4.71. The first-order valence-electron chi connectivity index (χ1n) is 6.81. The lowest BCUT2D eigenvalue weighted by atomic mass is 10.1. The van der Waals surface area contributed by atoms with Crippen molar-refractivity contribution in [2.24, 2.45) is 5.73 Å². The van der Waals surface area contributed by atoms with Crippen LogP contribution in [0.5, 0.6) is 5.75 Å². The minimum atomic E-state index is -0.552. The summed E-state index contributed by atoms with van der Waals surface area (Å²) >= 11 is 0. The summed E-state index contributed by atoms with van der Waals surface area (Å²) in [6, 6.07) is 12.9. The van der Waals surface area contributed by atoms with Gasteiger partial charge in [-0.2, -0.15) is 0 Å². The Morgan fingerprint density at radius 1 is 1.00 bits per heavy atom. The lowest BCUT2D eigenvalue weighted by Crippen LogP contribution is -2.19. The van der Waals surface area contributed by atoms with Gasteiger partial charge in [0.2, 0.25) is 0 Å². The first-order chi connectivity index (χ1) is 11.1. The van der Waals surface area contributed by atoms with Crippen LogP contribution in [0.1, 0.15) is 26.3 Å². The zero-order valence-corrected chi connectivity index (χ0v) is 12.2. The molecule has 0 atom stereocenters. The Hall–Kier alpha value is -3.15. The van der Waals surface area contributed by atoms with Gasteiger partial charge in [0.05, 0.1) is 5.56 Å². The topological polar surface area (TPSA) is 95.7 Å². The van der Waals surface area contributed by atoms with Gasteiger partial charge in [-0.25, -0.2) is 4.79 Å². The van der Waals surface area contributed by atoms with Crippen LogP contribution in [0.25, 0.3) is 0 Å². The Morgan fingerprint density at radius 2 is 1.65 bits per heavy atom. The van der Waals surface area contributed by atoms with Gasteiger partial charge in [0.1, 0.15) is 18.6 Å². The molecule has 0 radical (unpaired) electrons. The zero-order valence-electron chi connectivity index (χ0n) is 12.2. The van der Waals surface area contributed by atoms with Gasteiger partial charge >= 0.3 is 5.97 Å². The van der Waals surface area contributed by atoms with Crippen molar-refractivity contribution in [3.05, 3.63) is 65.2 Å². The number of hydrogen-bond donors (Lipinski definition) is 1. The number of primary amides is 1. The average Bonchev–Trinajstić information content (AvgIpc) is 2.58. The second-order valence-electron chi connectivity index (χ2n) is 4.71. The Balaban J connectivity index is 1.88. The van der Waals surface area contributed by atoms with Crippen molar-refractivity contribution in [1.82, 2.24) is 0 Å². The molecule has 6 heteroatoms. The van der Waals surface area contributed by atoms with E-state index in [0.717, 1.165) is 5.56 Å². The summed E-state index contributed by atoms with van der Waals surface area (Å²) in [4.78, 5) is 33.0. The van der Waals surface area contributed by atoms with Gasteiger partial charge in [-0.1, -0.05) is 24.3 Å². The summed E-state index contributed by atoms with van der Waals surface area (Å²) in [6.45, 7) is -0.0878. The lowest BCUT2D eigenvalue weighted by molar-refractivity contribution is -0.119. The fourth-order valence-electron chi connectivity index (χ4n) is 1.77. The molecule has 0 aliphatic carbocycles. The van der Waals surface area contributed by atoms with Crippen molar-refractivity contribution in [3.8, 4) is 5.75 Å². The maximum Gasteiger partial charge on any atom is 0.338 e. The highest BCUT2D eigenvalue weighted by Crippen LogP contribution is 2.13. The third kappa shape index (κ3) is 4.96. The SMILES string of the molecule is NC(=O)COc1ccc(COC(=O)c2ccc(C=O)cc2)cc1. The Bertz CT molecular complexity index is 692. The molecule has 2 N–H and O–H groups in total.